The van der Waals surface area contributed by atoms with Crippen molar-refractivity contribution >= 4 is 0 Å². The molecule has 0 aliphatic rings. The van der Waals surface area contributed by atoms with Gasteiger partial charge in [-0.1, -0.05) is 25.0 Å². The molecule has 0 amide bonds. The Labute approximate surface area is 58.0 Å². The Hall–Kier alpha value is -0.700. The van der Waals surface area contributed by atoms with Crippen LogP contribution >= 0.6 is 0 Å². The number of rotatable bonds is 1. The lowest BCUT2D eigenvalue weighted by Crippen LogP contribution is -1.88. The van der Waals surface area contributed by atoms with Gasteiger partial charge in [-0.15, -0.1) is 5.92 Å². The highest BCUT2D eigenvalue weighted by atomic mass is 14.0. The summed E-state index contributed by atoms with van der Waals surface area (Å²) in [7, 11) is 0. The Kier molecular flexibility index (Phi) is 3.88. The molecule has 1 unspecified atom stereocenters. The number of hydrogen-bond acceptors (Lipinski definition) is 0. The second-order valence-electron chi connectivity index (χ2n) is 2.24. The van der Waals surface area contributed by atoms with E-state index in [0.29, 0.717) is 5.92 Å². The fourth-order valence-electron chi connectivity index (χ4n) is 0.378. The molecule has 0 aromatic carbocycles. The minimum Gasteiger partial charge on any atom is -0.103 e. The van der Waals surface area contributed by atoms with Crippen molar-refractivity contribution in [1.29, 1.82) is 0 Å². The molecule has 0 bridgehead atoms. The van der Waals surface area contributed by atoms with Crippen molar-refractivity contribution in [2.75, 3.05) is 0 Å². The van der Waals surface area contributed by atoms with Crippen molar-refractivity contribution in [2.24, 2.45) is 5.92 Å². The van der Waals surface area contributed by atoms with E-state index in [1.807, 2.05) is 6.92 Å². The Bertz CT molecular complexity index is 143. The number of hydrogen-bond donors (Lipinski definition) is 0. The van der Waals surface area contributed by atoms with Crippen molar-refractivity contribution in [3.63, 3.8) is 0 Å². The predicted molar refractivity (Wildman–Crippen MR) is 42.0 cm³/mol. The molecule has 0 saturated heterocycles. The van der Waals surface area contributed by atoms with Crippen molar-refractivity contribution in [2.45, 2.75) is 27.2 Å². The summed E-state index contributed by atoms with van der Waals surface area (Å²) in [6.07, 6.45) is 0.942. The van der Waals surface area contributed by atoms with E-state index in [1.54, 1.807) is 0 Å². The summed E-state index contributed by atoms with van der Waals surface area (Å²) in [6.45, 7) is 9.94. The minimum atomic E-state index is 0.366. The van der Waals surface area contributed by atoms with Crippen LogP contribution in [-0.2, 0) is 0 Å². The quantitative estimate of drug-likeness (QED) is 0.370. The first kappa shape index (κ1) is 8.30. The topological polar surface area (TPSA) is 0 Å². The zero-order valence-electron chi connectivity index (χ0n) is 6.49. The molecule has 0 heterocycles. The Balaban J connectivity index is 3.75. The lowest BCUT2D eigenvalue weighted by atomic mass is 10.1. The van der Waals surface area contributed by atoms with Crippen LogP contribution in [-0.4, -0.2) is 0 Å². The zero-order valence-corrected chi connectivity index (χ0v) is 6.49. The van der Waals surface area contributed by atoms with E-state index in [-0.39, 0.29) is 0 Å². The van der Waals surface area contributed by atoms with Gasteiger partial charge in [0.25, 0.3) is 0 Å². The molecule has 50 valence electrons. The van der Waals surface area contributed by atoms with Gasteiger partial charge in [-0.25, -0.2) is 0 Å². The average molecular weight is 122 g/mol. The lowest BCUT2D eigenvalue weighted by molar-refractivity contribution is 0.900. The second kappa shape index (κ2) is 4.21. The van der Waals surface area contributed by atoms with Crippen LogP contribution in [0.1, 0.15) is 27.2 Å². The summed E-state index contributed by atoms with van der Waals surface area (Å²) in [4.78, 5) is 0. The van der Waals surface area contributed by atoms with Crippen LogP contribution in [0.2, 0.25) is 0 Å². The normalized spacial score (nSPS) is 11.4. The average Bonchev–Trinajstić information content (AvgIpc) is 1.82. The van der Waals surface area contributed by atoms with Gasteiger partial charge in [0.15, 0.2) is 0 Å². The Morgan fingerprint density at radius 3 is 2.56 bits per heavy atom. The summed E-state index contributed by atoms with van der Waals surface area (Å²) >= 11 is 0. The zero-order chi connectivity index (χ0) is 7.28. The first-order chi connectivity index (χ1) is 4.18. The van der Waals surface area contributed by atoms with Gasteiger partial charge in [-0.3, -0.25) is 0 Å². The summed E-state index contributed by atoms with van der Waals surface area (Å²) in [5.74, 6) is 6.47. The van der Waals surface area contributed by atoms with Gasteiger partial charge in [-0.05, 0) is 13.8 Å². The van der Waals surface area contributed by atoms with E-state index in [9.17, 15) is 0 Å². The van der Waals surface area contributed by atoms with E-state index in [0.717, 1.165) is 12.0 Å². The van der Waals surface area contributed by atoms with E-state index in [4.69, 9.17) is 0 Å². The van der Waals surface area contributed by atoms with Gasteiger partial charge >= 0.3 is 0 Å². The van der Waals surface area contributed by atoms with Crippen molar-refractivity contribution in [3.8, 4) is 11.8 Å². The molecular weight excluding hydrogens is 108 g/mol. The Morgan fingerprint density at radius 1 is 1.67 bits per heavy atom. The monoisotopic (exact) mass is 122 g/mol. The summed E-state index contributed by atoms with van der Waals surface area (Å²) in [6, 6.07) is 0. The molecule has 0 nitrogen and oxygen atoms in total. The molecule has 0 saturated carbocycles. The molecule has 1 atom stereocenters. The van der Waals surface area contributed by atoms with Gasteiger partial charge < -0.3 is 0 Å². The third-order valence-corrected chi connectivity index (χ3v) is 1.23. The molecular formula is C9H14. The van der Waals surface area contributed by atoms with E-state index in [2.05, 4.69) is 32.3 Å². The van der Waals surface area contributed by atoms with Gasteiger partial charge in [0.05, 0.1) is 0 Å². The molecule has 0 rings (SSSR count). The second-order valence-corrected chi connectivity index (χ2v) is 2.24. The van der Waals surface area contributed by atoms with Gasteiger partial charge in [0.2, 0.25) is 0 Å². The van der Waals surface area contributed by atoms with Crippen molar-refractivity contribution < 1.29 is 0 Å². The maximum absolute atomic E-state index is 3.81. The van der Waals surface area contributed by atoms with E-state index >= 15 is 0 Å². The summed E-state index contributed by atoms with van der Waals surface area (Å²) < 4.78 is 0. The molecule has 0 spiro atoms. The molecule has 9 heavy (non-hydrogen) atoms. The van der Waals surface area contributed by atoms with Gasteiger partial charge in [0, 0.05) is 12.3 Å². The van der Waals surface area contributed by atoms with E-state index < -0.39 is 0 Å². The van der Waals surface area contributed by atoms with Crippen molar-refractivity contribution in [3.05, 3.63) is 12.2 Å². The first-order valence-electron chi connectivity index (χ1n) is 3.32. The molecule has 0 N–H and O–H groups in total. The van der Waals surface area contributed by atoms with Crippen LogP contribution in [0, 0.1) is 17.8 Å². The van der Waals surface area contributed by atoms with Crippen LogP contribution < -0.4 is 0 Å². The van der Waals surface area contributed by atoms with Crippen LogP contribution in [0.4, 0.5) is 0 Å². The Morgan fingerprint density at radius 2 is 2.22 bits per heavy atom. The third kappa shape index (κ3) is 3.85. The summed E-state index contributed by atoms with van der Waals surface area (Å²) in [5, 5.41) is 0. The van der Waals surface area contributed by atoms with Crippen LogP contribution in [0.5, 0.6) is 0 Å². The lowest BCUT2D eigenvalue weighted by Gasteiger charge is -1.98. The highest BCUT2D eigenvalue weighted by Crippen LogP contribution is 2.03. The molecule has 0 radical (unpaired) electrons. The minimum absolute atomic E-state index is 0.366. The van der Waals surface area contributed by atoms with Crippen LogP contribution in [0.25, 0.3) is 0 Å². The molecule has 0 aromatic rings. The molecule has 0 aliphatic heterocycles. The fourth-order valence-corrected chi connectivity index (χ4v) is 0.378. The van der Waals surface area contributed by atoms with Gasteiger partial charge in [-0.2, -0.15) is 0 Å². The maximum atomic E-state index is 3.81. The first-order valence-corrected chi connectivity index (χ1v) is 3.32. The van der Waals surface area contributed by atoms with Gasteiger partial charge in [0.1, 0.15) is 0 Å². The predicted octanol–water partition coefficient (Wildman–Crippen LogP) is 2.61. The SMILES string of the molecule is C=C(C)C(C)C#CCC. The largest absolute Gasteiger partial charge is 0.103 e. The van der Waals surface area contributed by atoms with Crippen molar-refractivity contribution in [1.82, 2.24) is 0 Å². The maximum Gasteiger partial charge on any atom is 0.0378 e. The molecule has 0 fully saturated rings. The standard InChI is InChI=1S/C9H14/c1-5-6-7-9(4)8(2)3/h9H,2,5H2,1,3-4H3. The van der Waals surface area contributed by atoms with E-state index in [1.165, 1.54) is 0 Å². The molecule has 0 aromatic heterocycles. The van der Waals surface area contributed by atoms with Crippen LogP contribution in [0.15, 0.2) is 12.2 Å². The highest BCUT2D eigenvalue weighted by molar-refractivity contribution is 5.13. The third-order valence-electron chi connectivity index (χ3n) is 1.23. The molecule has 0 aliphatic carbocycles. The fraction of sp³-hybridized carbons (Fsp3) is 0.556. The smallest absolute Gasteiger partial charge is 0.0378 e. The summed E-state index contributed by atoms with van der Waals surface area (Å²) in [5.41, 5.74) is 1.15. The molecule has 0 heteroatoms. The highest BCUT2D eigenvalue weighted by Gasteiger charge is 1.93. The number of allylic oxidation sites excluding steroid dienone is 1. The van der Waals surface area contributed by atoms with Crippen LogP contribution in [0.3, 0.4) is 0 Å².